The van der Waals surface area contributed by atoms with Crippen LogP contribution in [-0.2, 0) is 17.6 Å². The fourth-order valence-corrected chi connectivity index (χ4v) is 2.52. The molecule has 2 rings (SSSR count). The summed E-state index contributed by atoms with van der Waals surface area (Å²) in [5.74, 6) is -0.864. The Labute approximate surface area is 146 Å². The van der Waals surface area contributed by atoms with Gasteiger partial charge in [0.1, 0.15) is 0 Å². The quantitative estimate of drug-likeness (QED) is 0.807. The summed E-state index contributed by atoms with van der Waals surface area (Å²) in [5.41, 5.74) is 2.30. The van der Waals surface area contributed by atoms with Gasteiger partial charge in [0, 0.05) is 0 Å². The second-order valence-corrected chi connectivity index (χ2v) is 5.46. The molecule has 132 valence electrons. The van der Waals surface area contributed by atoms with Gasteiger partial charge in [-0.3, -0.25) is 4.79 Å². The number of carbonyl (C=O) groups excluding carboxylic acids is 1. The molecule has 25 heavy (non-hydrogen) atoms. The van der Waals surface area contributed by atoms with Crippen molar-refractivity contribution in [3.05, 3.63) is 53.1 Å². The minimum atomic E-state index is -1.12. The molecule has 0 radical (unpaired) electrons. The topological polar surface area (TPSA) is 84.9 Å². The van der Waals surface area contributed by atoms with Gasteiger partial charge in [-0.15, -0.1) is 0 Å². The van der Waals surface area contributed by atoms with E-state index >= 15 is 0 Å². The van der Waals surface area contributed by atoms with Crippen molar-refractivity contribution in [3.63, 3.8) is 0 Å². The fourth-order valence-electron chi connectivity index (χ4n) is 2.52. The SMILES string of the molecule is CCc1cccc(CC(=O)Nc2cc(C(=O)O)cc(OC)c2OC)c1. The summed E-state index contributed by atoms with van der Waals surface area (Å²) in [5, 5.41) is 11.9. The lowest BCUT2D eigenvalue weighted by Gasteiger charge is -2.15. The number of aryl methyl sites for hydroxylation is 1. The van der Waals surface area contributed by atoms with Crippen molar-refractivity contribution in [3.8, 4) is 11.5 Å². The van der Waals surface area contributed by atoms with E-state index in [9.17, 15) is 14.7 Å². The maximum atomic E-state index is 12.4. The molecule has 0 bridgehead atoms. The first-order valence-electron chi connectivity index (χ1n) is 7.85. The van der Waals surface area contributed by atoms with Crippen molar-refractivity contribution in [1.82, 2.24) is 0 Å². The number of carboxylic acid groups (broad SMARTS) is 1. The Bertz CT molecular complexity index is 785. The van der Waals surface area contributed by atoms with Crippen LogP contribution in [0.15, 0.2) is 36.4 Å². The number of amides is 1. The lowest BCUT2D eigenvalue weighted by Crippen LogP contribution is -2.16. The normalized spacial score (nSPS) is 10.2. The highest BCUT2D eigenvalue weighted by atomic mass is 16.5. The first kappa shape index (κ1) is 18.3. The Hall–Kier alpha value is -3.02. The number of methoxy groups -OCH3 is 2. The minimum Gasteiger partial charge on any atom is -0.493 e. The lowest BCUT2D eigenvalue weighted by atomic mass is 10.1. The Kier molecular flexibility index (Phi) is 6.00. The predicted octanol–water partition coefficient (Wildman–Crippen LogP) is 3.15. The summed E-state index contributed by atoms with van der Waals surface area (Å²) in [6.07, 6.45) is 1.07. The zero-order chi connectivity index (χ0) is 18.4. The molecule has 6 heteroatoms. The smallest absolute Gasteiger partial charge is 0.335 e. The summed E-state index contributed by atoms with van der Waals surface area (Å²) in [6.45, 7) is 2.05. The second-order valence-electron chi connectivity index (χ2n) is 5.46. The van der Waals surface area contributed by atoms with E-state index in [-0.39, 0.29) is 35.1 Å². The number of rotatable bonds is 7. The zero-order valence-electron chi connectivity index (χ0n) is 14.5. The number of hydrogen-bond acceptors (Lipinski definition) is 4. The molecule has 0 spiro atoms. The molecule has 0 unspecified atom stereocenters. The number of ether oxygens (including phenoxy) is 2. The predicted molar refractivity (Wildman–Crippen MR) is 94.7 cm³/mol. The summed E-state index contributed by atoms with van der Waals surface area (Å²) in [6, 6.07) is 10.5. The molecule has 0 aliphatic heterocycles. The van der Waals surface area contributed by atoms with Gasteiger partial charge in [-0.05, 0) is 29.7 Å². The summed E-state index contributed by atoms with van der Waals surface area (Å²) in [4.78, 5) is 23.6. The number of benzene rings is 2. The van der Waals surface area contributed by atoms with Crippen molar-refractivity contribution in [2.24, 2.45) is 0 Å². The van der Waals surface area contributed by atoms with E-state index in [0.29, 0.717) is 0 Å². The van der Waals surface area contributed by atoms with Gasteiger partial charge < -0.3 is 19.9 Å². The van der Waals surface area contributed by atoms with Gasteiger partial charge in [0.25, 0.3) is 0 Å². The van der Waals surface area contributed by atoms with Gasteiger partial charge in [-0.1, -0.05) is 31.2 Å². The van der Waals surface area contributed by atoms with Gasteiger partial charge in [0.05, 0.1) is 31.9 Å². The van der Waals surface area contributed by atoms with E-state index in [0.717, 1.165) is 17.5 Å². The molecule has 0 saturated carbocycles. The van der Waals surface area contributed by atoms with Crippen LogP contribution in [0.25, 0.3) is 0 Å². The molecule has 0 atom stereocenters. The number of carboxylic acids is 1. The molecule has 0 aliphatic carbocycles. The maximum absolute atomic E-state index is 12.4. The van der Waals surface area contributed by atoms with Crippen LogP contribution < -0.4 is 14.8 Å². The van der Waals surface area contributed by atoms with Crippen LogP contribution in [0.5, 0.6) is 11.5 Å². The van der Waals surface area contributed by atoms with Gasteiger partial charge in [0.2, 0.25) is 5.91 Å². The third kappa shape index (κ3) is 4.50. The Morgan fingerprint density at radius 1 is 1.08 bits per heavy atom. The third-order valence-corrected chi connectivity index (χ3v) is 3.76. The molecule has 2 aromatic rings. The molecular weight excluding hydrogens is 322 g/mol. The van der Waals surface area contributed by atoms with Crippen LogP contribution in [0.4, 0.5) is 5.69 Å². The monoisotopic (exact) mass is 343 g/mol. The van der Waals surface area contributed by atoms with E-state index in [1.165, 1.54) is 26.4 Å². The second kappa shape index (κ2) is 8.19. The Balaban J connectivity index is 2.26. The first-order valence-corrected chi connectivity index (χ1v) is 7.85. The van der Waals surface area contributed by atoms with E-state index in [2.05, 4.69) is 5.32 Å². The van der Waals surface area contributed by atoms with Crippen LogP contribution >= 0.6 is 0 Å². The number of anilines is 1. The Morgan fingerprint density at radius 2 is 1.80 bits per heavy atom. The summed E-state index contributed by atoms with van der Waals surface area (Å²) in [7, 11) is 2.84. The molecule has 1 amide bonds. The lowest BCUT2D eigenvalue weighted by molar-refractivity contribution is -0.115. The maximum Gasteiger partial charge on any atom is 0.335 e. The molecule has 0 saturated heterocycles. The molecule has 2 aromatic carbocycles. The van der Waals surface area contributed by atoms with Crippen molar-refractivity contribution in [1.29, 1.82) is 0 Å². The standard InChI is InChI=1S/C19H21NO5/c1-4-12-6-5-7-13(8-12)9-17(21)20-15-10-14(19(22)23)11-16(24-2)18(15)25-3/h5-8,10-11H,4,9H2,1-3H3,(H,20,21)(H,22,23). The molecule has 2 N–H and O–H groups in total. The summed E-state index contributed by atoms with van der Waals surface area (Å²) < 4.78 is 10.4. The molecule has 6 nitrogen and oxygen atoms in total. The number of hydrogen-bond donors (Lipinski definition) is 2. The van der Waals surface area contributed by atoms with Crippen LogP contribution in [0.2, 0.25) is 0 Å². The Morgan fingerprint density at radius 3 is 2.40 bits per heavy atom. The van der Waals surface area contributed by atoms with Crippen LogP contribution in [0.1, 0.15) is 28.4 Å². The van der Waals surface area contributed by atoms with Crippen molar-refractivity contribution >= 4 is 17.6 Å². The fraction of sp³-hybridized carbons (Fsp3) is 0.263. The summed E-state index contributed by atoms with van der Waals surface area (Å²) >= 11 is 0. The molecule has 0 heterocycles. The highest BCUT2D eigenvalue weighted by Crippen LogP contribution is 2.36. The first-order chi connectivity index (χ1) is 12.0. The number of aromatic carboxylic acids is 1. The zero-order valence-corrected chi connectivity index (χ0v) is 14.5. The van der Waals surface area contributed by atoms with Crippen molar-refractivity contribution < 1.29 is 24.2 Å². The third-order valence-electron chi connectivity index (χ3n) is 3.76. The van der Waals surface area contributed by atoms with Crippen molar-refractivity contribution in [2.45, 2.75) is 19.8 Å². The highest BCUT2D eigenvalue weighted by molar-refractivity contribution is 5.97. The number of nitrogens with one attached hydrogen (secondary N) is 1. The van der Waals surface area contributed by atoms with Crippen LogP contribution in [0, 0.1) is 0 Å². The van der Waals surface area contributed by atoms with E-state index < -0.39 is 5.97 Å². The highest BCUT2D eigenvalue weighted by Gasteiger charge is 2.17. The average Bonchev–Trinajstić information content (AvgIpc) is 2.60. The van der Waals surface area contributed by atoms with Crippen LogP contribution in [-0.4, -0.2) is 31.2 Å². The largest absolute Gasteiger partial charge is 0.493 e. The van der Waals surface area contributed by atoms with Gasteiger partial charge in [-0.25, -0.2) is 4.79 Å². The number of carbonyl (C=O) groups is 2. The van der Waals surface area contributed by atoms with Crippen LogP contribution in [0.3, 0.4) is 0 Å². The van der Waals surface area contributed by atoms with E-state index in [1.807, 2.05) is 31.2 Å². The van der Waals surface area contributed by atoms with Gasteiger partial charge >= 0.3 is 5.97 Å². The minimum absolute atomic E-state index is 0.000861. The molecular formula is C19H21NO5. The van der Waals surface area contributed by atoms with E-state index in [1.54, 1.807) is 0 Å². The van der Waals surface area contributed by atoms with Gasteiger partial charge in [0.15, 0.2) is 11.5 Å². The molecule has 0 aliphatic rings. The van der Waals surface area contributed by atoms with Gasteiger partial charge in [-0.2, -0.15) is 0 Å². The average molecular weight is 343 g/mol. The van der Waals surface area contributed by atoms with Crippen molar-refractivity contribution in [2.75, 3.05) is 19.5 Å². The van der Waals surface area contributed by atoms with E-state index in [4.69, 9.17) is 9.47 Å². The molecule has 0 fully saturated rings. The molecule has 0 aromatic heterocycles.